The van der Waals surface area contributed by atoms with Crippen molar-refractivity contribution < 1.29 is 14.6 Å². The molecule has 1 aliphatic rings. The Balaban J connectivity index is 2.09. The number of carbonyl (C=O) groups excluding carboxylic acids is 1. The number of hydrogen-bond acceptors (Lipinski definition) is 3. The summed E-state index contributed by atoms with van der Waals surface area (Å²) in [4.78, 5) is 12.5. The Bertz CT molecular complexity index is 605. The summed E-state index contributed by atoms with van der Waals surface area (Å²) in [6.45, 7) is 8.82. The molecular formula is C24H36O3. The quantitative estimate of drug-likeness (QED) is 0.376. The summed E-state index contributed by atoms with van der Waals surface area (Å²) in [5, 5.41) is 10.2. The number of hydrogen-bond donors (Lipinski definition) is 1. The van der Waals surface area contributed by atoms with Crippen LogP contribution in [0.25, 0.3) is 0 Å². The standard InChI is InChI=1S/C24H36O3/c1-5-6-7-11-14-21(25)23(26)27-22-17-18(2)15-16-20(22)24(3,4)19-12-9-8-10-13-19/h8-14,18,20-22,25H,5-7,15-17H2,1-4H3/b14-11-/t18-,20-,21+,22-/m1/s1. The van der Waals surface area contributed by atoms with Gasteiger partial charge in [-0.2, -0.15) is 0 Å². The Hall–Kier alpha value is -1.61. The van der Waals surface area contributed by atoms with Gasteiger partial charge in [0.05, 0.1) is 0 Å². The molecule has 0 aliphatic heterocycles. The molecule has 3 heteroatoms. The van der Waals surface area contributed by atoms with Gasteiger partial charge in [-0.3, -0.25) is 0 Å². The average Bonchev–Trinajstić information content (AvgIpc) is 2.65. The third kappa shape index (κ3) is 5.93. The number of ether oxygens (including phenoxy) is 1. The molecule has 1 N–H and O–H groups in total. The van der Waals surface area contributed by atoms with Gasteiger partial charge in [0.25, 0.3) is 0 Å². The maximum Gasteiger partial charge on any atom is 0.339 e. The van der Waals surface area contributed by atoms with Crippen LogP contribution >= 0.6 is 0 Å². The first kappa shape index (κ1) is 21.7. The molecule has 0 bridgehead atoms. The lowest BCUT2D eigenvalue weighted by molar-refractivity contribution is -0.163. The van der Waals surface area contributed by atoms with Gasteiger partial charge in [0.15, 0.2) is 6.10 Å². The van der Waals surface area contributed by atoms with Gasteiger partial charge in [-0.25, -0.2) is 4.79 Å². The van der Waals surface area contributed by atoms with Gasteiger partial charge in [0.1, 0.15) is 6.10 Å². The highest BCUT2D eigenvalue weighted by molar-refractivity contribution is 5.76. The second-order valence-corrected chi connectivity index (χ2v) is 8.60. The molecule has 0 heterocycles. The van der Waals surface area contributed by atoms with Crippen molar-refractivity contribution in [2.75, 3.05) is 0 Å². The first-order valence-electron chi connectivity index (χ1n) is 10.5. The third-order valence-electron chi connectivity index (χ3n) is 6.05. The fourth-order valence-electron chi connectivity index (χ4n) is 4.21. The van der Waals surface area contributed by atoms with E-state index in [0.29, 0.717) is 5.92 Å². The van der Waals surface area contributed by atoms with Gasteiger partial charge in [-0.05, 0) is 42.2 Å². The van der Waals surface area contributed by atoms with Crippen LogP contribution in [-0.4, -0.2) is 23.3 Å². The highest BCUT2D eigenvalue weighted by atomic mass is 16.6. The number of benzene rings is 1. The Morgan fingerprint density at radius 1 is 1.30 bits per heavy atom. The molecular weight excluding hydrogens is 336 g/mol. The smallest absolute Gasteiger partial charge is 0.339 e. The van der Waals surface area contributed by atoms with Crippen LogP contribution in [0, 0.1) is 11.8 Å². The lowest BCUT2D eigenvalue weighted by Gasteiger charge is -2.44. The van der Waals surface area contributed by atoms with Gasteiger partial charge in [-0.1, -0.05) is 83.4 Å². The molecule has 3 nitrogen and oxygen atoms in total. The largest absolute Gasteiger partial charge is 0.460 e. The van der Waals surface area contributed by atoms with E-state index in [4.69, 9.17) is 4.74 Å². The normalized spacial score (nSPS) is 24.7. The molecule has 0 aromatic heterocycles. The minimum absolute atomic E-state index is 0.0890. The number of allylic oxidation sites excluding steroid dienone is 1. The molecule has 150 valence electrons. The zero-order valence-electron chi connectivity index (χ0n) is 17.4. The van der Waals surface area contributed by atoms with E-state index >= 15 is 0 Å². The van der Waals surface area contributed by atoms with Gasteiger partial charge < -0.3 is 9.84 Å². The SMILES string of the molecule is CCCC/C=C\[C@H](O)C(=O)O[C@@H]1C[C@H](C)CC[C@H]1C(C)(C)c1ccccc1. The van der Waals surface area contributed by atoms with E-state index in [1.807, 2.05) is 12.1 Å². The molecule has 0 spiro atoms. The van der Waals surface area contributed by atoms with Gasteiger partial charge >= 0.3 is 5.97 Å². The summed E-state index contributed by atoms with van der Waals surface area (Å²) >= 11 is 0. The van der Waals surface area contributed by atoms with Crippen LogP contribution in [0.15, 0.2) is 42.5 Å². The molecule has 1 aromatic carbocycles. The monoisotopic (exact) mass is 372 g/mol. The Labute approximate surface area is 164 Å². The maximum absolute atomic E-state index is 12.5. The van der Waals surface area contributed by atoms with Gasteiger partial charge in [0.2, 0.25) is 0 Å². The number of esters is 1. The van der Waals surface area contributed by atoms with Crippen molar-refractivity contribution in [3.63, 3.8) is 0 Å². The number of rotatable bonds is 8. The van der Waals surface area contributed by atoms with Crippen molar-refractivity contribution in [2.45, 2.75) is 83.8 Å². The van der Waals surface area contributed by atoms with Crippen LogP contribution in [0.4, 0.5) is 0 Å². The molecule has 1 aliphatic carbocycles. The van der Waals surface area contributed by atoms with Crippen LogP contribution in [0.1, 0.15) is 71.8 Å². The summed E-state index contributed by atoms with van der Waals surface area (Å²) in [7, 11) is 0. The highest BCUT2D eigenvalue weighted by Crippen LogP contribution is 2.43. The molecule has 2 rings (SSSR count). The van der Waals surface area contributed by atoms with Crippen molar-refractivity contribution in [1.82, 2.24) is 0 Å². The first-order chi connectivity index (χ1) is 12.9. The summed E-state index contributed by atoms with van der Waals surface area (Å²) in [5.41, 5.74) is 1.18. The second-order valence-electron chi connectivity index (χ2n) is 8.60. The van der Waals surface area contributed by atoms with E-state index in [2.05, 4.69) is 52.0 Å². The van der Waals surface area contributed by atoms with Crippen molar-refractivity contribution in [3.05, 3.63) is 48.0 Å². The Kier molecular flexibility index (Phi) is 8.09. The van der Waals surface area contributed by atoms with E-state index in [9.17, 15) is 9.90 Å². The summed E-state index contributed by atoms with van der Waals surface area (Å²) in [6.07, 6.45) is 8.20. The number of unbranched alkanes of at least 4 members (excludes halogenated alkanes) is 2. The Morgan fingerprint density at radius 2 is 2.00 bits per heavy atom. The Morgan fingerprint density at radius 3 is 2.67 bits per heavy atom. The highest BCUT2D eigenvalue weighted by Gasteiger charge is 2.42. The van der Waals surface area contributed by atoms with Crippen molar-refractivity contribution in [2.24, 2.45) is 11.8 Å². The molecule has 1 saturated carbocycles. The predicted molar refractivity (Wildman–Crippen MR) is 111 cm³/mol. The molecule has 0 radical (unpaired) electrons. The van der Waals surface area contributed by atoms with Crippen LogP contribution in [-0.2, 0) is 14.9 Å². The zero-order chi connectivity index (χ0) is 19.9. The van der Waals surface area contributed by atoms with E-state index in [0.717, 1.165) is 38.5 Å². The van der Waals surface area contributed by atoms with E-state index in [-0.39, 0.29) is 17.4 Å². The van der Waals surface area contributed by atoms with Crippen LogP contribution in [0.2, 0.25) is 0 Å². The lowest BCUT2D eigenvalue weighted by Crippen LogP contribution is -2.44. The summed E-state index contributed by atoms with van der Waals surface area (Å²) < 4.78 is 5.86. The van der Waals surface area contributed by atoms with Crippen molar-refractivity contribution in [3.8, 4) is 0 Å². The number of aliphatic hydroxyl groups excluding tert-OH is 1. The maximum atomic E-state index is 12.5. The zero-order valence-corrected chi connectivity index (χ0v) is 17.4. The van der Waals surface area contributed by atoms with Crippen molar-refractivity contribution >= 4 is 5.97 Å². The summed E-state index contributed by atoms with van der Waals surface area (Å²) in [5.74, 6) is 0.259. The number of aliphatic hydroxyl groups is 1. The first-order valence-corrected chi connectivity index (χ1v) is 10.5. The van der Waals surface area contributed by atoms with Crippen LogP contribution < -0.4 is 0 Å². The molecule has 1 fully saturated rings. The van der Waals surface area contributed by atoms with E-state index < -0.39 is 12.1 Å². The topological polar surface area (TPSA) is 46.5 Å². The third-order valence-corrected chi connectivity index (χ3v) is 6.05. The molecule has 1 aromatic rings. The fraction of sp³-hybridized carbons (Fsp3) is 0.625. The van der Waals surface area contributed by atoms with Crippen molar-refractivity contribution in [1.29, 1.82) is 0 Å². The second kappa shape index (κ2) is 10.1. The minimum atomic E-state index is -1.17. The van der Waals surface area contributed by atoms with E-state index in [1.165, 1.54) is 5.56 Å². The summed E-state index contributed by atoms with van der Waals surface area (Å²) in [6, 6.07) is 10.5. The van der Waals surface area contributed by atoms with Gasteiger partial charge in [0, 0.05) is 5.92 Å². The van der Waals surface area contributed by atoms with Crippen LogP contribution in [0.5, 0.6) is 0 Å². The van der Waals surface area contributed by atoms with Gasteiger partial charge in [-0.15, -0.1) is 0 Å². The molecule has 0 amide bonds. The molecule has 0 unspecified atom stereocenters. The number of carbonyl (C=O) groups is 1. The molecule has 4 atom stereocenters. The predicted octanol–water partition coefficient (Wildman–Crippen LogP) is 5.42. The van der Waals surface area contributed by atoms with Crippen LogP contribution in [0.3, 0.4) is 0 Å². The molecule has 27 heavy (non-hydrogen) atoms. The average molecular weight is 373 g/mol. The minimum Gasteiger partial charge on any atom is -0.460 e. The van der Waals surface area contributed by atoms with E-state index in [1.54, 1.807) is 6.08 Å². The molecule has 0 saturated heterocycles. The lowest BCUT2D eigenvalue weighted by atomic mass is 9.64. The fourth-order valence-corrected chi connectivity index (χ4v) is 4.21.